The smallest absolute Gasteiger partial charge is 0.357 e. The molecule has 1 saturated carbocycles. The van der Waals surface area contributed by atoms with Crippen LogP contribution in [0.3, 0.4) is 0 Å². The Morgan fingerprint density at radius 1 is 1.16 bits per heavy atom. The number of nitrogens with zero attached hydrogens (tertiary/aromatic N) is 4. The lowest BCUT2D eigenvalue weighted by atomic mass is 9.91. The normalized spacial score (nSPS) is 17.0. The van der Waals surface area contributed by atoms with E-state index in [-0.39, 0.29) is 24.3 Å². The number of carbonyl (C=O) groups is 1. The van der Waals surface area contributed by atoms with Crippen molar-refractivity contribution in [2.45, 2.75) is 77.8 Å². The van der Waals surface area contributed by atoms with Gasteiger partial charge in [0.1, 0.15) is 5.82 Å². The molecule has 1 aliphatic carbocycles. The first-order chi connectivity index (χ1) is 17.9. The summed E-state index contributed by atoms with van der Waals surface area (Å²) in [5.74, 6) is 0.710. The van der Waals surface area contributed by atoms with Crippen LogP contribution in [-0.2, 0) is 9.47 Å². The van der Waals surface area contributed by atoms with Gasteiger partial charge in [0.05, 0.1) is 6.61 Å². The SMILES string of the molecule is CCOC(=O)c1cc(-c2cnc(N(C)C3CCOCC3)nc2)c(C(=N)C(C)C)c(NC2CCCCC2)n1. The van der Waals surface area contributed by atoms with Gasteiger partial charge >= 0.3 is 5.97 Å². The zero-order valence-electron chi connectivity index (χ0n) is 22.5. The van der Waals surface area contributed by atoms with Gasteiger partial charge in [-0.1, -0.05) is 33.1 Å². The second-order valence-corrected chi connectivity index (χ2v) is 10.3. The molecular weight excluding hydrogens is 468 g/mol. The van der Waals surface area contributed by atoms with Crippen LogP contribution in [0.15, 0.2) is 18.5 Å². The number of hydrogen-bond acceptors (Lipinski definition) is 9. The Balaban J connectivity index is 1.76. The van der Waals surface area contributed by atoms with Gasteiger partial charge in [0.15, 0.2) is 5.69 Å². The first kappa shape index (κ1) is 27.0. The van der Waals surface area contributed by atoms with Crippen LogP contribution in [0.5, 0.6) is 0 Å². The molecule has 0 radical (unpaired) electrons. The summed E-state index contributed by atoms with van der Waals surface area (Å²) < 4.78 is 10.8. The van der Waals surface area contributed by atoms with Gasteiger partial charge in [-0.25, -0.2) is 19.7 Å². The molecule has 2 fully saturated rings. The highest BCUT2D eigenvalue weighted by Crippen LogP contribution is 2.33. The molecule has 0 bridgehead atoms. The monoisotopic (exact) mass is 508 g/mol. The summed E-state index contributed by atoms with van der Waals surface area (Å²) in [5.41, 5.74) is 2.83. The zero-order chi connectivity index (χ0) is 26.4. The average molecular weight is 509 g/mol. The maximum absolute atomic E-state index is 12.8. The van der Waals surface area contributed by atoms with E-state index in [9.17, 15) is 4.79 Å². The molecule has 0 unspecified atom stereocenters. The van der Waals surface area contributed by atoms with Crippen molar-refractivity contribution in [3.8, 4) is 11.1 Å². The number of pyridine rings is 1. The lowest BCUT2D eigenvalue weighted by Gasteiger charge is -2.31. The molecule has 0 amide bonds. The molecule has 2 aromatic heterocycles. The first-order valence-electron chi connectivity index (χ1n) is 13.6. The van der Waals surface area contributed by atoms with Gasteiger partial charge < -0.3 is 25.1 Å². The molecule has 2 N–H and O–H groups in total. The Morgan fingerprint density at radius 2 is 1.84 bits per heavy atom. The molecule has 200 valence electrons. The fourth-order valence-electron chi connectivity index (χ4n) is 5.07. The van der Waals surface area contributed by atoms with Crippen molar-refractivity contribution in [1.29, 1.82) is 5.41 Å². The number of carbonyl (C=O) groups excluding carboxylic acids is 1. The minimum absolute atomic E-state index is 0.0271. The molecule has 2 aliphatic rings. The predicted octanol–water partition coefficient (Wildman–Crippen LogP) is 5.10. The Morgan fingerprint density at radius 3 is 2.46 bits per heavy atom. The highest BCUT2D eigenvalue weighted by Gasteiger charge is 2.26. The highest BCUT2D eigenvalue weighted by atomic mass is 16.5. The van der Waals surface area contributed by atoms with Crippen LogP contribution in [0.25, 0.3) is 11.1 Å². The van der Waals surface area contributed by atoms with E-state index in [2.05, 4.69) is 20.2 Å². The number of rotatable bonds is 9. The molecule has 0 spiro atoms. The number of aromatic nitrogens is 3. The summed E-state index contributed by atoms with van der Waals surface area (Å²) in [6.45, 7) is 7.54. The summed E-state index contributed by atoms with van der Waals surface area (Å²) in [6, 6.07) is 2.32. The minimum atomic E-state index is -0.477. The fraction of sp³-hybridized carbons (Fsp3) is 0.607. The number of ether oxygens (including phenoxy) is 2. The van der Waals surface area contributed by atoms with Crippen molar-refractivity contribution in [2.24, 2.45) is 5.92 Å². The molecule has 3 heterocycles. The average Bonchev–Trinajstić information content (AvgIpc) is 2.93. The second-order valence-electron chi connectivity index (χ2n) is 10.3. The lowest BCUT2D eigenvalue weighted by Crippen LogP contribution is -2.37. The van der Waals surface area contributed by atoms with Gasteiger partial charge in [-0.2, -0.15) is 0 Å². The molecule has 9 heteroatoms. The van der Waals surface area contributed by atoms with Crippen molar-refractivity contribution in [3.05, 3.63) is 29.7 Å². The fourth-order valence-corrected chi connectivity index (χ4v) is 5.07. The van der Waals surface area contributed by atoms with Crippen LogP contribution in [0.2, 0.25) is 0 Å². The summed E-state index contributed by atoms with van der Waals surface area (Å²) in [7, 11) is 2.02. The van der Waals surface area contributed by atoms with Crippen LogP contribution >= 0.6 is 0 Å². The minimum Gasteiger partial charge on any atom is -0.461 e. The molecule has 4 rings (SSSR count). The third-order valence-electron chi connectivity index (χ3n) is 7.30. The Bertz CT molecular complexity index is 1080. The van der Waals surface area contributed by atoms with E-state index in [4.69, 9.17) is 19.9 Å². The third kappa shape index (κ3) is 6.44. The summed E-state index contributed by atoms with van der Waals surface area (Å²) >= 11 is 0. The molecule has 2 aromatic rings. The van der Waals surface area contributed by atoms with Crippen molar-refractivity contribution in [1.82, 2.24) is 15.0 Å². The number of nitrogens with one attached hydrogen (secondary N) is 2. The maximum atomic E-state index is 12.8. The lowest BCUT2D eigenvalue weighted by molar-refractivity contribution is 0.0519. The maximum Gasteiger partial charge on any atom is 0.357 e. The van der Waals surface area contributed by atoms with E-state index in [1.54, 1.807) is 25.4 Å². The highest BCUT2D eigenvalue weighted by molar-refractivity contribution is 6.10. The molecule has 37 heavy (non-hydrogen) atoms. The first-order valence-corrected chi connectivity index (χ1v) is 13.6. The number of anilines is 2. The van der Waals surface area contributed by atoms with Crippen molar-refractivity contribution < 1.29 is 14.3 Å². The molecular formula is C28H40N6O3. The van der Waals surface area contributed by atoms with E-state index in [1.165, 1.54) is 6.42 Å². The van der Waals surface area contributed by atoms with E-state index >= 15 is 0 Å². The van der Waals surface area contributed by atoms with Crippen LogP contribution in [-0.4, -0.2) is 65.6 Å². The van der Waals surface area contributed by atoms with Crippen LogP contribution < -0.4 is 10.2 Å². The third-order valence-corrected chi connectivity index (χ3v) is 7.30. The van der Waals surface area contributed by atoms with Gasteiger partial charge in [0.2, 0.25) is 5.95 Å². The second kappa shape index (κ2) is 12.4. The van der Waals surface area contributed by atoms with Crippen molar-refractivity contribution in [3.63, 3.8) is 0 Å². The van der Waals surface area contributed by atoms with Gasteiger partial charge in [-0.15, -0.1) is 0 Å². The van der Waals surface area contributed by atoms with Crippen molar-refractivity contribution in [2.75, 3.05) is 37.1 Å². The van der Waals surface area contributed by atoms with E-state index in [0.717, 1.165) is 62.9 Å². The summed E-state index contributed by atoms with van der Waals surface area (Å²) in [4.78, 5) is 29.0. The standard InChI is InChI=1S/C28H40N6O3/c1-5-37-27(35)23-15-22(19-16-30-28(31-17-19)34(4)21-11-13-36-14-12-21)24(25(29)18(2)3)26(33-23)32-20-9-7-6-8-10-20/h15-18,20-21,29H,5-14H2,1-4H3,(H,32,33). The van der Waals surface area contributed by atoms with Gasteiger partial charge in [0, 0.05) is 61.6 Å². The van der Waals surface area contributed by atoms with E-state index < -0.39 is 5.97 Å². The molecule has 9 nitrogen and oxygen atoms in total. The largest absolute Gasteiger partial charge is 0.461 e. The summed E-state index contributed by atoms with van der Waals surface area (Å²) in [6.07, 6.45) is 11.1. The van der Waals surface area contributed by atoms with Gasteiger partial charge in [0.25, 0.3) is 0 Å². The Labute approximate surface area is 219 Å². The van der Waals surface area contributed by atoms with Crippen molar-refractivity contribution >= 4 is 23.4 Å². The van der Waals surface area contributed by atoms with E-state index in [0.29, 0.717) is 29.1 Å². The number of hydrogen-bond donors (Lipinski definition) is 2. The number of esters is 1. The predicted molar refractivity (Wildman–Crippen MR) is 146 cm³/mol. The quantitative estimate of drug-likeness (QED) is 0.355. The Hall–Kier alpha value is -3.07. The van der Waals surface area contributed by atoms with Gasteiger partial charge in [-0.3, -0.25) is 0 Å². The topological polar surface area (TPSA) is 113 Å². The van der Waals surface area contributed by atoms with Crippen LogP contribution in [0.4, 0.5) is 11.8 Å². The molecule has 0 aromatic carbocycles. The molecule has 1 aliphatic heterocycles. The zero-order valence-corrected chi connectivity index (χ0v) is 22.5. The molecule has 1 saturated heterocycles. The van der Waals surface area contributed by atoms with Crippen LogP contribution in [0, 0.1) is 11.3 Å². The summed E-state index contributed by atoms with van der Waals surface area (Å²) in [5, 5.41) is 12.6. The molecule has 0 atom stereocenters. The Kier molecular flexibility index (Phi) is 9.08. The van der Waals surface area contributed by atoms with Gasteiger partial charge in [-0.05, 0) is 50.2 Å². The van der Waals surface area contributed by atoms with E-state index in [1.807, 2.05) is 20.9 Å². The van der Waals surface area contributed by atoms with Crippen LogP contribution in [0.1, 0.15) is 81.8 Å².